The summed E-state index contributed by atoms with van der Waals surface area (Å²) in [6, 6.07) is 33.8. The molecule has 6 heteroatoms. The molecule has 0 spiro atoms. The first kappa shape index (κ1) is 36.8. The largest absolute Gasteiger partial charge is 0.451 e. The number of fused-ring (bicyclic) bond motifs is 2. The summed E-state index contributed by atoms with van der Waals surface area (Å²) in [7, 11) is -1.13. The van der Waals surface area contributed by atoms with E-state index >= 15 is 0 Å². The molecule has 0 radical (unpaired) electrons. The number of hydrogen-bond acceptors (Lipinski definition) is 4. The fourth-order valence-electron chi connectivity index (χ4n) is 5.94. The number of benzene rings is 4. The van der Waals surface area contributed by atoms with Crippen LogP contribution in [0.25, 0.3) is 44.3 Å². The van der Waals surface area contributed by atoms with Gasteiger partial charge in [-0.25, -0.2) is 9.97 Å². The van der Waals surface area contributed by atoms with Crippen molar-refractivity contribution < 1.29 is 10.0 Å². The maximum atomic E-state index is 8.28. The van der Waals surface area contributed by atoms with Crippen LogP contribution in [0.2, 0.25) is 11.3 Å². The fourth-order valence-corrected chi connectivity index (χ4v) is 6.17. The normalized spacial score (nSPS) is 10.9. The van der Waals surface area contributed by atoms with Crippen LogP contribution >= 0.6 is 11.6 Å². The molecule has 0 amide bonds. The van der Waals surface area contributed by atoms with Crippen LogP contribution in [0.1, 0.15) is 55.5 Å². The molecule has 0 saturated carbocycles. The molecule has 6 aromatic rings. The Kier molecular flexibility index (Phi) is 12.9. The van der Waals surface area contributed by atoms with Crippen LogP contribution in [0.4, 0.5) is 0 Å². The highest BCUT2D eigenvalue weighted by Gasteiger charge is 2.09. The van der Waals surface area contributed by atoms with Crippen LogP contribution < -0.4 is 0 Å². The van der Waals surface area contributed by atoms with Crippen molar-refractivity contribution in [2.24, 2.45) is 11.8 Å². The van der Waals surface area contributed by atoms with E-state index in [1.165, 1.54) is 38.8 Å². The van der Waals surface area contributed by atoms with Gasteiger partial charge >= 0.3 is 7.12 Å². The Balaban J connectivity index is 0.000000183. The van der Waals surface area contributed by atoms with Crippen molar-refractivity contribution in [2.75, 3.05) is 0 Å². The summed E-state index contributed by atoms with van der Waals surface area (Å²) in [4.78, 5) is 9.60. The molecule has 0 bridgehead atoms. The summed E-state index contributed by atoms with van der Waals surface area (Å²) in [5.74, 6) is 1.03. The molecule has 0 unspecified atom stereocenters. The number of aromatic nitrogens is 2. The fraction of sp³-hybridized carbons (Fsp3) is 0.286. The highest BCUT2D eigenvalue weighted by Crippen LogP contribution is 2.28. The zero-order chi connectivity index (χ0) is 35.0. The van der Waals surface area contributed by atoms with Gasteiger partial charge in [-0.05, 0) is 118 Å². The Labute approximate surface area is 292 Å². The molecule has 2 aromatic heterocycles. The van der Waals surface area contributed by atoms with Crippen molar-refractivity contribution in [2.45, 2.75) is 68.1 Å². The van der Waals surface area contributed by atoms with E-state index in [1.54, 1.807) is 0 Å². The smallest absolute Gasteiger partial charge is 0.427 e. The SMILES string of the molecule is CC(C)CB(O)O.Cc1cc(C)cc(-c2ccc3c(CC(C)C)cccc3n2)c1.Cc1cc(C)cc(-c2ccc3c(Cl)cccc3n2)c1. The predicted octanol–water partition coefficient (Wildman–Crippen LogP) is 11.0. The number of halogens is 1. The molecule has 0 fully saturated rings. The second-order valence-electron chi connectivity index (χ2n) is 13.6. The van der Waals surface area contributed by atoms with Gasteiger partial charge in [-0.2, -0.15) is 0 Å². The molecule has 0 aliphatic carbocycles. The highest BCUT2D eigenvalue weighted by atomic mass is 35.5. The van der Waals surface area contributed by atoms with Crippen molar-refractivity contribution in [1.29, 1.82) is 0 Å². The number of nitrogens with zero attached hydrogens (tertiary/aromatic N) is 2. The summed E-state index contributed by atoms with van der Waals surface area (Å²) in [5.41, 5.74) is 12.9. The van der Waals surface area contributed by atoms with Crippen molar-refractivity contribution in [1.82, 2.24) is 9.97 Å². The third kappa shape index (κ3) is 10.5. The van der Waals surface area contributed by atoms with Crippen LogP contribution in [0.5, 0.6) is 0 Å². The number of pyridine rings is 2. The average Bonchev–Trinajstić information content (AvgIpc) is 3.00. The molecule has 6 rings (SSSR count). The van der Waals surface area contributed by atoms with Gasteiger partial charge in [0.15, 0.2) is 0 Å². The molecule has 2 N–H and O–H groups in total. The van der Waals surface area contributed by atoms with Crippen molar-refractivity contribution in [3.63, 3.8) is 0 Å². The van der Waals surface area contributed by atoms with E-state index in [0.29, 0.717) is 18.2 Å². The van der Waals surface area contributed by atoms with Gasteiger partial charge in [0.1, 0.15) is 0 Å². The Hall–Kier alpha value is -4.03. The lowest BCUT2D eigenvalue weighted by atomic mass is 9.80. The standard InChI is InChI=1S/C21H23N.C17H14ClN.C4H11BO2/c1-14(2)10-17-6-5-7-21-19(17)8-9-20(22-21)18-12-15(3)11-16(4)13-18;1-11-8-12(2)10-13(9-11)16-7-6-14-15(18)4-3-5-17(14)19-16;1-4(2)3-5(6)7/h5-9,11-14H,10H2,1-4H3;3-10H,1-2H3;4,6-7H,3H2,1-2H3. The maximum Gasteiger partial charge on any atom is 0.451 e. The van der Waals surface area contributed by atoms with E-state index in [2.05, 4.69) is 108 Å². The van der Waals surface area contributed by atoms with E-state index in [0.717, 1.165) is 44.8 Å². The Bertz CT molecular complexity index is 1940. The van der Waals surface area contributed by atoms with Crippen molar-refractivity contribution in [3.8, 4) is 22.5 Å². The van der Waals surface area contributed by atoms with Gasteiger partial charge < -0.3 is 10.0 Å². The summed E-state index contributed by atoms with van der Waals surface area (Å²) in [6.07, 6.45) is 1.57. The first-order valence-corrected chi connectivity index (χ1v) is 17.1. The topological polar surface area (TPSA) is 66.2 Å². The predicted molar refractivity (Wildman–Crippen MR) is 207 cm³/mol. The van der Waals surface area contributed by atoms with Crippen LogP contribution in [0.15, 0.2) is 97.1 Å². The van der Waals surface area contributed by atoms with E-state index in [9.17, 15) is 0 Å². The van der Waals surface area contributed by atoms with Gasteiger partial charge in [-0.15, -0.1) is 0 Å². The molecule has 248 valence electrons. The van der Waals surface area contributed by atoms with Crippen LogP contribution in [0, 0.1) is 39.5 Å². The van der Waals surface area contributed by atoms with Gasteiger partial charge in [-0.3, -0.25) is 0 Å². The molecule has 0 saturated heterocycles. The summed E-state index contributed by atoms with van der Waals surface area (Å²) in [6.45, 7) is 16.9. The van der Waals surface area contributed by atoms with Gasteiger partial charge in [0.25, 0.3) is 0 Å². The van der Waals surface area contributed by atoms with E-state index < -0.39 is 7.12 Å². The molecular weight excluding hydrogens is 611 g/mol. The minimum atomic E-state index is -1.13. The quantitative estimate of drug-likeness (QED) is 0.175. The van der Waals surface area contributed by atoms with E-state index in [-0.39, 0.29) is 0 Å². The molecule has 2 heterocycles. The minimum Gasteiger partial charge on any atom is -0.427 e. The second-order valence-corrected chi connectivity index (χ2v) is 14.1. The van der Waals surface area contributed by atoms with Gasteiger partial charge in [0.05, 0.1) is 22.4 Å². The van der Waals surface area contributed by atoms with Crippen molar-refractivity contribution >= 4 is 40.5 Å². The molecule has 4 nitrogen and oxygen atoms in total. The third-order valence-electron chi connectivity index (χ3n) is 7.85. The Morgan fingerprint density at radius 3 is 1.48 bits per heavy atom. The highest BCUT2D eigenvalue weighted by molar-refractivity contribution is 6.41. The number of aryl methyl sites for hydroxylation is 4. The van der Waals surface area contributed by atoms with Crippen LogP contribution in [-0.2, 0) is 6.42 Å². The van der Waals surface area contributed by atoms with Crippen LogP contribution in [-0.4, -0.2) is 27.1 Å². The summed E-state index contributed by atoms with van der Waals surface area (Å²) < 4.78 is 0. The second kappa shape index (κ2) is 16.9. The summed E-state index contributed by atoms with van der Waals surface area (Å²) in [5, 5.41) is 19.6. The number of hydrogen-bond donors (Lipinski definition) is 2. The van der Waals surface area contributed by atoms with Gasteiger partial charge in [0, 0.05) is 26.9 Å². The van der Waals surface area contributed by atoms with Crippen molar-refractivity contribution in [3.05, 3.63) is 130 Å². The van der Waals surface area contributed by atoms with Gasteiger partial charge in [-0.1, -0.05) is 97.9 Å². The molecular formula is C42H48BClN2O2. The lowest BCUT2D eigenvalue weighted by molar-refractivity contribution is 0.394. The zero-order valence-electron chi connectivity index (χ0n) is 29.6. The van der Waals surface area contributed by atoms with Crippen LogP contribution in [0.3, 0.4) is 0 Å². The molecule has 0 atom stereocenters. The Morgan fingerprint density at radius 1 is 0.583 bits per heavy atom. The van der Waals surface area contributed by atoms with Gasteiger partial charge in [0.2, 0.25) is 0 Å². The first-order valence-electron chi connectivity index (χ1n) is 16.8. The zero-order valence-corrected chi connectivity index (χ0v) is 30.3. The lowest BCUT2D eigenvalue weighted by Crippen LogP contribution is -2.12. The molecule has 48 heavy (non-hydrogen) atoms. The number of rotatable bonds is 6. The Morgan fingerprint density at radius 2 is 1.04 bits per heavy atom. The summed E-state index contributed by atoms with van der Waals surface area (Å²) >= 11 is 6.17. The third-order valence-corrected chi connectivity index (χ3v) is 8.18. The molecule has 4 aromatic carbocycles. The van der Waals surface area contributed by atoms with E-state index in [4.69, 9.17) is 31.6 Å². The van der Waals surface area contributed by atoms with E-state index in [1.807, 2.05) is 44.2 Å². The molecule has 0 aliphatic rings. The maximum absolute atomic E-state index is 8.28. The molecule has 0 aliphatic heterocycles. The average molecular weight is 659 g/mol. The monoisotopic (exact) mass is 658 g/mol. The first-order chi connectivity index (χ1) is 22.8. The lowest BCUT2D eigenvalue weighted by Gasteiger charge is -2.10. The minimum absolute atomic E-state index is 0.375.